The fourth-order valence-electron chi connectivity index (χ4n) is 2.07. The molecule has 0 radical (unpaired) electrons. The second-order valence-electron chi connectivity index (χ2n) is 4.09. The molecule has 0 saturated heterocycles. The standard InChI is InChI=1S/C12H17NO4/c1-7-6-13-8(2)12(7)9(4-10(14)15)5-11(16)17-3/h6,9,13H,4-5H2,1-3H3,(H,14,15). The molecule has 0 aliphatic rings. The summed E-state index contributed by atoms with van der Waals surface area (Å²) >= 11 is 0. The van der Waals surface area contributed by atoms with Crippen LogP contribution in [0.5, 0.6) is 0 Å². The van der Waals surface area contributed by atoms with Crippen LogP contribution in [0.4, 0.5) is 0 Å². The lowest BCUT2D eigenvalue weighted by molar-refractivity contribution is -0.141. The van der Waals surface area contributed by atoms with Crippen molar-refractivity contribution in [1.29, 1.82) is 0 Å². The summed E-state index contributed by atoms with van der Waals surface area (Å²) in [5.41, 5.74) is 2.77. The normalized spacial score (nSPS) is 12.2. The smallest absolute Gasteiger partial charge is 0.306 e. The van der Waals surface area contributed by atoms with E-state index in [0.717, 1.165) is 16.8 Å². The van der Waals surface area contributed by atoms with E-state index in [-0.39, 0.29) is 18.8 Å². The van der Waals surface area contributed by atoms with E-state index in [4.69, 9.17) is 5.11 Å². The summed E-state index contributed by atoms with van der Waals surface area (Å²) in [7, 11) is 1.30. The summed E-state index contributed by atoms with van der Waals surface area (Å²) in [6.07, 6.45) is 1.83. The average Bonchev–Trinajstić information content (AvgIpc) is 2.56. The Bertz CT molecular complexity index is 403. The number of carboxylic acid groups (broad SMARTS) is 1. The fourth-order valence-corrected chi connectivity index (χ4v) is 2.07. The van der Waals surface area contributed by atoms with Crippen molar-refractivity contribution in [2.24, 2.45) is 0 Å². The first-order valence-electron chi connectivity index (χ1n) is 5.38. The number of carbonyl (C=O) groups is 2. The van der Waals surface area contributed by atoms with Gasteiger partial charge in [0.1, 0.15) is 0 Å². The van der Waals surface area contributed by atoms with Gasteiger partial charge in [-0.05, 0) is 25.0 Å². The molecule has 1 aromatic rings. The zero-order chi connectivity index (χ0) is 13.0. The Morgan fingerprint density at radius 1 is 1.41 bits per heavy atom. The third kappa shape index (κ3) is 3.34. The number of aliphatic carboxylic acids is 1. The van der Waals surface area contributed by atoms with Gasteiger partial charge in [-0.1, -0.05) is 0 Å². The highest BCUT2D eigenvalue weighted by molar-refractivity contribution is 5.74. The van der Waals surface area contributed by atoms with Gasteiger partial charge in [0, 0.05) is 17.8 Å². The Balaban J connectivity index is 2.97. The molecule has 1 atom stereocenters. The number of ether oxygens (including phenoxy) is 1. The van der Waals surface area contributed by atoms with Gasteiger partial charge in [-0.2, -0.15) is 0 Å². The molecule has 5 nitrogen and oxygen atoms in total. The number of carbonyl (C=O) groups excluding carboxylic acids is 1. The lowest BCUT2D eigenvalue weighted by atomic mass is 9.90. The van der Waals surface area contributed by atoms with Crippen molar-refractivity contribution < 1.29 is 19.4 Å². The van der Waals surface area contributed by atoms with Gasteiger partial charge in [-0.3, -0.25) is 9.59 Å². The molecule has 0 aliphatic heterocycles. The molecular weight excluding hydrogens is 222 g/mol. The fraction of sp³-hybridized carbons (Fsp3) is 0.500. The molecule has 2 N–H and O–H groups in total. The molecule has 1 rings (SSSR count). The molecular formula is C12H17NO4. The predicted molar refractivity (Wildman–Crippen MR) is 61.9 cm³/mol. The van der Waals surface area contributed by atoms with Gasteiger partial charge in [0.2, 0.25) is 0 Å². The minimum Gasteiger partial charge on any atom is -0.481 e. The maximum absolute atomic E-state index is 11.3. The van der Waals surface area contributed by atoms with Crippen molar-refractivity contribution >= 4 is 11.9 Å². The number of esters is 1. The van der Waals surface area contributed by atoms with Crippen LogP contribution < -0.4 is 0 Å². The summed E-state index contributed by atoms with van der Waals surface area (Å²) in [5.74, 6) is -1.65. The number of aromatic amines is 1. The Kier molecular flexibility index (Phi) is 4.31. The van der Waals surface area contributed by atoms with E-state index in [2.05, 4.69) is 9.72 Å². The third-order valence-electron chi connectivity index (χ3n) is 2.80. The highest BCUT2D eigenvalue weighted by Gasteiger charge is 2.23. The molecule has 0 saturated carbocycles. The quantitative estimate of drug-likeness (QED) is 0.767. The minimum absolute atomic E-state index is 0.0748. The van der Waals surface area contributed by atoms with Crippen LogP contribution in [0.25, 0.3) is 0 Å². The first-order chi connectivity index (χ1) is 7.95. The average molecular weight is 239 g/mol. The second kappa shape index (κ2) is 5.52. The van der Waals surface area contributed by atoms with Gasteiger partial charge in [0.05, 0.1) is 20.0 Å². The van der Waals surface area contributed by atoms with Crippen LogP contribution >= 0.6 is 0 Å². The SMILES string of the molecule is COC(=O)CC(CC(=O)O)c1c(C)c[nH]c1C. The molecule has 0 amide bonds. The Labute approximate surface area is 99.8 Å². The molecule has 0 bridgehead atoms. The molecule has 1 aromatic heterocycles. The van der Waals surface area contributed by atoms with Crippen molar-refractivity contribution in [2.45, 2.75) is 32.6 Å². The van der Waals surface area contributed by atoms with E-state index in [1.807, 2.05) is 20.0 Å². The van der Waals surface area contributed by atoms with Gasteiger partial charge < -0.3 is 14.8 Å². The van der Waals surface area contributed by atoms with Crippen molar-refractivity contribution in [3.8, 4) is 0 Å². The van der Waals surface area contributed by atoms with Crippen molar-refractivity contribution in [3.63, 3.8) is 0 Å². The Hall–Kier alpha value is -1.78. The van der Waals surface area contributed by atoms with E-state index < -0.39 is 11.9 Å². The van der Waals surface area contributed by atoms with Crippen LogP contribution in [0, 0.1) is 13.8 Å². The summed E-state index contributed by atoms with van der Waals surface area (Å²) < 4.78 is 4.60. The van der Waals surface area contributed by atoms with Crippen LogP contribution in [0.2, 0.25) is 0 Å². The van der Waals surface area contributed by atoms with Gasteiger partial charge in [0.25, 0.3) is 0 Å². The molecule has 5 heteroatoms. The Morgan fingerprint density at radius 3 is 2.47 bits per heavy atom. The highest BCUT2D eigenvalue weighted by Crippen LogP contribution is 2.29. The zero-order valence-corrected chi connectivity index (χ0v) is 10.2. The number of rotatable bonds is 5. The van der Waals surface area contributed by atoms with E-state index in [9.17, 15) is 9.59 Å². The summed E-state index contributed by atoms with van der Waals surface area (Å²) in [5, 5.41) is 8.89. The Morgan fingerprint density at radius 2 is 2.06 bits per heavy atom. The molecule has 1 heterocycles. The van der Waals surface area contributed by atoms with E-state index in [0.29, 0.717) is 0 Å². The molecule has 0 fully saturated rings. The summed E-state index contributed by atoms with van der Waals surface area (Å²) in [4.78, 5) is 25.2. The molecule has 0 aromatic carbocycles. The van der Waals surface area contributed by atoms with Crippen molar-refractivity contribution in [1.82, 2.24) is 4.98 Å². The van der Waals surface area contributed by atoms with Crippen LogP contribution in [0.15, 0.2) is 6.20 Å². The highest BCUT2D eigenvalue weighted by atomic mass is 16.5. The number of methoxy groups -OCH3 is 1. The van der Waals surface area contributed by atoms with Crippen LogP contribution in [0.3, 0.4) is 0 Å². The number of nitrogens with one attached hydrogen (secondary N) is 1. The first-order valence-corrected chi connectivity index (χ1v) is 5.38. The number of aryl methyl sites for hydroxylation is 2. The third-order valence-corrected chi connectivity index (χ3v) is 2.80. The zero-order valence-electron chi connectivity index (χ0n) is 10.2. The minimum atomic E-state index is -0.918. The number of H-pyrrole nitrogens is 1. The maximum Gasteiger partial charge on any atom is 0.306 e. The topological polar surface area (TPSA) is 79.4 Å². The van der Waals surface area contributed by atoms with Gasteiger partial charge >= 0.3 is 11.9 Å². The summed E-state index contributed by atoms with van der Waals surface area (Å²) in [6, 6.07) is 0. The monoisotopic (exact) mass is 239 g/mol. The summed E-state index contributed by atoms with van der Waals surface area (Å²) in [6.45, 7) is 3.76. The van der Waals surface area contributed by atoms with E-state index >= 15 is 0 Å². The van der Waals surface area contributed by atoms with Crippen molar-refractivity contribution in [3.05, 3.63) is 23.0 Å². The number of hydrogen-bond donors (Lipinski definition) is 2. The maximum atomic E-state index is 11.3. The second-order valence-corrected chi connectivity index (χ2v) is 4.09. The molecule has 0 spiro atoms. The number of hydrogen-bond acceptors (Lipinski definition) is 3. The van der Waals surface area contributed by atoms with Crippen LogP contribution in [-0.2, 0) is 14.3 Å². The van der Waals surface area contributed by atoms with E-state index in [1.165, 1.54) is 7.11 Å². The number of carboxylic acids is 1. The number of aromatic nitrogens is 1. The molecule has 17 heavy (non-hydrogen) atoms. The van der Waals surface area contributed by atoms with Gasteiger partial charge in [0.15, 0.2) is 0 Å². The molecule has 94 valence electrons. The molecule has 0 aliphatic carbocycles. The van der Waals surface area contributed by atoms with Crippen molar-refractivity contribution in [2.75, 3.05) is 7.11 Å². The predicted octanol–water partition coefficient (Wildman–Crippen LogP) is 1.75. The van der Waals surface area contributed by atoms with Crippen LogP contribution in [0.1, 0.15) is 35.6 Å². The first kappa shape index (κ1) is 13.3. The van der Waals surface area contributed by atoms with Crippen LogP contribution in [-0.4, -0.2) is 29.1 Å². The van der Waals surface area contributed by atoms with E-state index in [1.54, 1.807) is 0 Å². The molecule has 1 unspecified atom stereocenters. The lowest BCUT2D eigenvalue weighted by Gasteiger charge is -2.15. The lowest BCUT2D eigenvalue weighted by Crippen LogP contribution is -2.13. The largest absolute Gasteiger partial charge is 0.481 e. The van der Waals surface area contributed by atoms with Gasteiger partial charge in [-0.25, -0.2) is 0 Å². The van der Waals surface area contributed by atoms with Gasteiger partial charge in [-0.15, -0.1) is 0 Å².